The summed E-state index contributed by atoms with van der Waals surface area (Å²) in [6.45, 7) is 5.24. The van der Waals surface area contributed by atoms with Gasteiger partial charge in [0, 0.05) is 44.3 Å². The van der Waals surface area contributed by atoms with Crippen molar-refractivity contribution in [1.29, 1.82) is 0 Å². The molecule has 8 nitrogen and oxygen atoms in total. The lowest BCUT2D eigenvalue weighted by molar-refractivity contribution is 0.0398. The molecule has 1 saturated heterocycles. The Labute approximate surface area is 206 Å². The zero-order valence-electron chi connectivity index (χ0n) is 19.2. The van der Waals surface area contributed by atoms with E-state index < -0.39 is 0 Å². The van der Waals surface area contributed by atoms with Crippen molar-refractivity contribution in [2.75, 3.05) is 44.7 Å². The zero-order valence-corrected chi connectivity index (χ0v) is 19.2. The highest BCUT2D eigenvalue weighted by atomic mass is 16.5. The third-order valence-electron chi connectivity index (χ3n) is 7.14. The summed E-state index contributed by atoms with van der Waals surface area (Å²) in [5, 5.41) is 16.6. The number of hydrogen-bond donors (Lipinski definition) is 3. The number of aliphatic hydroxyl groups is 1. The number of aromatic nitrogens is 2. The maximum absolute atomic E-state index is 13.2. The molecule has 3 N–H and O–H groups in total. The zero-order chi connectivity index (χ0) is 22.2. The fraction of sp³-hybridized carbons (Fsp3) is 0.808. The van der Waals surface area contributed by atoms with Crippen LogP contribution in [0.3, 0.4) is 0 Å². The molecule has 0 aromatic carbocycles. The van der Waals surface area contributed by atoms with Crippen LogP contribution < -0.4 is 10.6 Å². The molecule has 3 fully saturated rings. The van der Waals surface area contributed by atoms with Crippen LogP contribution in [0.1, 0.15) is 101 Å². The van der Waals surface area contributed by atoms with Crippen LogP contribution in [0.15, 0.2) is 6.20 Å². The monoisotopic (exact) mass is 477 g/mol. The van der Waals surface area contributed by atoms with Gasteiger partial charge in [0.25, 0.3) is 5.91 Å². The number of ether oxygens (including phenoxy) is 1. The Hall–Kier alpha value is -1.77. The fourth-order valence-corrected chi connectivity index (χ4v) is 5.18. The molecule has 1 aliphatic heterocycles. The first-order valence-electron chi connectivity index (χ1n) is 12.6. The second-order valence-corrected chi connectivity index (χ2v) is 9.54. The van der Waals surface area contributed by atoms with Gasteiger partial charge in [-0.3, -0.25) is 9.69 Å². The summed E-state index contributed by atoms with van der Waals surface area (Å²) in [6, 6.07) is 0.111. The average Bonchev–Trinajstić information content (AvgIpc) is 3.34. The van der Waals surface area contributed by atoms with Crippen LogP contribution in [0.25, 0.3) is 0 Å². The summed E-state index contributed by atoms with van der Waals surface area (Å²) in [6.07, 6.45) is 11.5. The molecular weight excluding hydrogens is 430 g/mol. The third kappa shape index (κ3) is 8.17. The standard InChI is InChI=1S/C24H39N5O3.2CH4/c30-20-8-4-3-7-19(9-10-20)27-23(31)21-17-26-24(28-22(21)18-5-1-2-6-18)25-11-12-29-13-15-32-16-14-29;;/h17-20,30H,1-16H2,(H,27,31)(H,25,26,28);2*1H4/t19-,20+;;/m1../s1. The molecule has 0 spiro atoms. The number of nitrogens with one attached hydrogen (secondary N) is 2. The number of nitrogens with zero attached hydrogens (tertiary/aromatic N) is 3. The largest absolute Gasteiger partial charge is 0.393 e. The Morgan fingerprint density at radius 1 is 1.03 bits per heavy atom. The number of hydrogen-bond acceptors (Lipinski definition) is 7. The van der Waals surface area contributed by atoms with Gasteiger partial charge in [0.15, 0.2) is 0 Å². The topological polar surface area (TPSA) is 99.6 Å². The second kappa shape index (κ2) is 14.6. The molecule has 0 bridgehead atoms. The molecule has 34 heavy (non-hydrogen) atoms. The maximum Gasteiger partial charge on any atom is 0.254 e. The molecule has 2 atom stereocenters. The first kappa shape index (κ1) is 28.5. The summed E-state index contributed by atoms with van der Waals surface area (Å²) in [7, 11) is 0. The van der Waals surface area contributed by atoms with Gasteiger partial charge in [-0.2, -0.15) is 0 Å². The lowest BCUT2D eigenvalue weighted by Gasteiger charge is -2.26. The van der Waals surface area contributed by atoms with Gasteiger partial charge in [-0.1, -0.05) is 40.5 Å². The van der Waals surface area contributed by atoms with Crippen molar-refractivity contribution in [2.24, 2.45) is 0 Å². The van der Waals surface area contributed by atoms with Crippen molar-refractivity contribution in [3.63, 3.8) is 0 Å². The highest BCUT2D eigenvalue weighted by molar-refractivity contribution is 5.95. The van der Waals surface area contributed by atoms with Gasteiger partial charge in [0.1, 0.15) is 0 Å². The lowest BCUT2D eigenvalue weighted by atomic mass is 9.94. The Kier molecular flexibility index (Phi) is 12.2. The Morgan fingerprint density at radius 2 is 1.74 bits per heavy atom. The number of rotatable bonds is 7. The minimum absolute atomic E-state index is 0. The molecule has 3 aliphatic rings. The molecular formula is C26H47N5O3. The van der Waals surface area contributed by atoms with Crippen LogP contribution in [0, 0.1) is 0 Å². The van der Waals surface area contributed by atoms with Crippen molar-refractivity contribution in [3.05, 3.63) is 17.5 Å². The first-order chi connectivity index (χ1) is 15.7. The Balaban J connectivity index is 0.00000204. The molecule has 0 unspecified atom stereocenters. The molecule has 0 radical (unpaired) electrons. The highest BCUT2D eigenvalue weighted by Crippen LogP contribution is 2.35. The van der Waals surface area contributed by atoms with E-state index in [1.165, 1.54) is 12.8 Å². The van der Waals surface area contributed by atoms with E-state index in [-0.39, 0.29) is 32.9 Å². The van der Waals surface area contributed by atoms with Gasteiger partial charge >= 0.3 is 0 Å². The van der Waals surface area contributed by atoms with Crippen molar-refractivity contribution in [2.45, 2.75) is 97.1 Å². The number of amides is 1. The molecule has 1 aromatic heterocycles. The number of carbonyl (C=O) groups is 1. The van der Waals surface area contributed by atoms with Gasteiger partial charge in [-0.25, -0.2) is 9.97 Å². The summed E-state index contributed by atoms with van der Waals surface area (Å²) >= 11 is 0. The van der Waals surface area contributed by atoms with E-state index in [4.69, 9.17) is 9.72 Å². The fourth-order valence-electron chi connectivity index (χ4n) is 5.18. The molecule has 2 saturated carbocycles. The minimum Gasteiger partial charge on any atom is -0.393 e. The molecule has 1 aromatic rings. The van der Waals surface area contributed by atoms with Crippen LogP contribution in [0.5, 0.6) is 0 Å². The van der Waals surface area contributed by atoms with Crippen LogP contribution >= 0.6 is 0 Å². The van der Waals surface area contributed by atoms with Gasteiger partial charge in [0.05, 0.1) is 30.6 Å². The predicted octanol–water partition coefficient (Wildman–Crippen LogP) is 3.96. The third-order valence-corrected chi connectivity index (χ3v) is 7.14. The quantitative estimate of drug-likeness (QED) is 0.546. The summed E-state index contributed by atoms with van der Waals surface area (Å²) in [4.78, 5) is 24.9. The number of anilines is 1. The first-order valence-corrected chi connectivity index (χ1v) is 12.6. The molecule has 1 amide bonds. The van der Waals surface area contributed by atoms with Crippen LogP contribution in [0.4, 0.5) is 5.95 Å². The molecule has 194 valence electrons. The van der Waals surface area contributed by atoms with E-state index in [1.54, 1.807) is 6.20 Å². The highest BCUT2D eigenvalue weighted by Gasteiger charge is 2.27. The van der Waals surface area contributed by atoms with Gasteiger partial charge < -0.3 is 20.5 Å². The van der Waals surface area contributed by atoms with E-state index >= 15 is 0 Å². The molecule has 8 heteroatoms. The van der Waals surface area contributed by atoms with E-state index in [9.17, 15) is 9.90 Å². The number of aliphatic hydroxyl groups excluding tert-OH is 1. The predicted molar refractivity (Wildman–Crippen MR) is 137 cm³/mol. The summed E-state index contributed by atoms with van der Waals surface area (Å²) in [5.41, 5.74) is 1.52. The minimum atomic E-state index is -0.241. The van der Waals surface area contributed by atoms with Gasteiger partial charge in [0.2, 0.25) is 5.95 Å². The normalized spacial score (nSPS) is 24.3. The van der Waals surface area contributed by atoms with Crippen molar-refractivity contribution < 1.29 is 14.6 Å². The van der Waals surface area contributed by atoms with Crippen molar-refractivity contribution in [3.8, 4) is 0 Å². The van der Waals surface area contributed by atoms with E-state index in [2.05, 4.69) is 20.5 Å². The average molecular weight is 478 g/mol. The summed E-state index contributed by atoms with van der Waals surface area (Å²) < 4.78 is 5.41. The molecule has 4 rings (SSSR count). The van der Waals surface area contributed by atoms with Crippen molar-refractivity contribution in [1.82, 2.24) is 20.2 Å². The maximum atomic E-state index is 13.2. The number of carbonyl (C=O) groups excluding carboxylic acids is 1. The molecule has 2 heterocycles. The van der Waals surface area contributed by atoms with E-state index in [1.807, 2.05) is 0 Å². The van der Waals surface area contributed by atoms with Crippen LogP contribution in [-0.4, -0.2) is 77.4 Å². The summed E-state index contributed by atoms with van der Waals surface area (Å²) in [5.74, 6) is 0.885. The van der Waals surface area contributed by atoms with E-state index in [0.29, 0.717) is 17.4 Å². The Bertz CT molecular complexity index is 735. The molecule has 2 aliphatic carbocycles. The Morgan fingerprint density at radius 3 is 2.50 bits per heavy atom. The number of morpholine rings is 1. The van der Waals surface area contributed by atoms with Crippen molar-refractivity contribution >= 4 is 11.9 Å². The lowest BCUT2D eigenvalue weighted by Crippen LogP contribution is -2.39. The van der Waals surface area contributed by atoms with Gasteiger partial charge in [-0.05, 0) is 38.5 Å². The second-order valence-electron chi connectivity index (χ2n) is 9.54. The van der Waals surface area contributed by atoms with Crippen LogP contribution in [-0.2, 0) is 4.74 Å². The van der Waals surface area contributed by atoms with Gasteiger partial charge in [-0.15, -0.1) is 0 Å². The van der Waals surface area contributed by atoms with Crippen LogP contribution in [0.2, 0.25) is 0 Å². The SMILES string of the molecule is C.C.O=C(N[C@@H]1CCCC[C@H](O)CC1)c1cnc(NCCN2CCOCC2)nc1C1CCCC1. The smallest absolute Gasteiger partial charge is 0.254 e. The van der Waals surface area contributed by atoms with E-state index in [0.717, 1.165) is 96.5 Å².